The van der Waals surface area contributed by atoms with Crippen molar-refractivity contribution in [1.29, 1.82) is 0 Å². The highest BCUT2D eigenvalue weighted by Gasteiger charge is 2.23. The minimum Gasteiger partial charge on any atom is -0.329 e. The van der Waals surface area contributed by atoms with Crippen LogP contribution in [0.5, 0.6) is 0 Å². The van der Waals surface area contributed by atoms with Gasteiger partial charge < -0.3 is 4.90 Å². The summed E-state index contributed by atoms with van der Waals surface area (Å²) >= 11 is 6.32. The molecule has 158 valence electrons. The minimum atomic E-state index is 0.561. The Morgan fingerprint density at radius 1 is 0.938 bits per heavy atom. The maximum Gasteiger partial charge on any atom is 0.257 e. The molecule has 32 heavy (non-hydrogen) atoms. The van der Waals surface area contributed by atoms with E-state index in [-0.39, 0.29) is 0 Å². The first-order valence-corrected chi connectivity index (χ1v) is 11.2. The predicted octanol–water partition coefficient (Wildman–Crippen LogP) is 6.55. The van der Waals surface area contributed by atoms with Gasteiger partial charge >= 0.3 is 0 Å². The quantitative estimate of drug-likeness (QED) is 0.318. The van der Waals surface area contributed by atoms with Crippen LogP contribution in [0.2, 0.25) is 5.02 Å². The maximum atomic E-state index is 6.32. The highest BCUT2D eigenvalue weighted by Crippen LogP contribution is 2.40. The number of hydrogen-bond donors (Lipinski definition) is 0. The van der Waals surface area contributed by atoms with Crippen LogP contribution >= 0.6 is 11.6 Å². The zero-order valence-corrected chi connectivity index (χ0v) is 18.7. The molecule has 0 unspecified atom stereocenters. The van der Waals surface area contributed by atoms with Crippen LogP contribution in [0.15, 0.2) is 66.7 Å². The van der Waals surface area contributed by atoms with Crippen LogP contribution in [0.3, 0.4) is 0 Å². The third-order valence-electron chi connectivity index (χ3n) is 6.30. The van der Waals surface area contributed by atoms with Crippen molar-refractivity contribution in [2.45, 2.75) is 25.7 Å². The summed E-state index contributed by atoms with van der Waals surface area (Å²) in [6.45, 7) is 1.92. The molecule has 1 fully saturated rings. The van der Waals surface area contributed by atoms with Gasteiger partial charge in [-0.3, -0.25) is 4.40 Å². The van der Waals surface area contributed by atoms with E-state index in [1.807, 2.05) is 36.6 Å². The Morgan fingerprint density at radius 3 is 2.53 bits per heavy atom. The Kier molecular flexibility index (Phi) is 4.40. The fraction of sp³-hybridized carbons (Fsp3) is 0.192. The Bertz CT molecular complexity index is 1470. The van der Waals surface area contributed by atoms with Crippen LogP contribution in [-0.4, -0.2) is 26.6 Å². The number of aryl methyl sites for hydroxylation is 1. The Balaban J connectivity index is 1.44. The lowest BCUT2D eigenvalue weighted by Gasteiger charge is -2.21. The van der Waals surface area contributed by atoms with E-state index in [0.717, 1.165) is 34.2 Å². The van der Waals surface area contributed by atoms with Crippen molar-refractivity contribution >= 4 is 39.8 Å². The lowest BCUT2D eigenvalue weighted by molar-refractivity contribution is 1.02. The van der Waals surface area contributed by atoms with Crippen molar-refractivity contribution < 1.29 is 0 Å². The van der Waals surface area contributed by atoms with Gasteiger partial charge in [0.25, 0.3) is 5.78 Å². The molecule has 0 saturated heterocycles. The van der Waals surface area contributed by atoms with Gasteiger partial charge in [0.2, 0.25) is 0 Å². The summed E-state index contributed by atoms with van der Waals surface area (Å²) in [5.74, 6) is 2.93. The number of anilines is 2. The van der Waals surface area contributed by atoms with Gasteiger partial charge in [-0.15, -0.1) is 10.2 Å². The van der Waals surface area contributed by atoms with Gasteiger partial charge in [0, 0.05) is 23.1 Å². The predicted molar refractivity (Wildman–Crippen MR) is 130 cm³/mol. The average molecular weight is 440 g/mol. The van der Waals surface area contributed by atoms with Gasteiger partial charge in [-0.05, 0) is 72.7 Å². The van der Waals surface area contributed by atoms with E-state index in [9.17, 15) is 0 Å². The molecule has 3 aromatic carbocycles. The number of aromatic nitrogens is 4. The fourth-order valence-electron chi connectivity index (χ4n) is 4.38. The SMILES string of the molecule is Cc1nnc2nc(N(C)c3cccc(-c4ccc(C5CC5)cc4)c3)c3ccc(Cl)cc3n12. The second-order valence-electron chi connectivity index (χ2n) is 8.49. The van der Waals surface area contributed by atoms with E-state index >= 15 is 0 Å². The summed E-state index contributed by atoms with van der Waals surface area (Å²) in [5.41, 5.74) is 5.85. The van der Waals surface area contributed by atoms with Crippen molar-refractivity contribution in [3.05, 3.63) is 83.1 Å². The van der Waals surface area contributed by atoms with Crippen LogP contribution in [0.1, 0.15) is 30.1 Å². The minimum absolute atomic E-state index is 0.561. The normalized spacial score (nSPS) is 13.7. The molecule has 0 N–H and O–H groups in total. The van der Waals surface area contributed by atoms with Gasteiger partial charge in [-0.2, -0.15) is 4.98 Å². The molecule has 1 saturated carbocycles. The van der Waals surface area contributed by atoms with Crippen LogP contribution in [0.4, 0.5) is 11.5 Å². The van der Waals surface area contributed by atoms with E-state index in [1.54, 1.807) is 0 Å². The summed E-state index contributed by atoms with van der Waals surface area (Å²) < 4.78 is 1.94. The van der Waals surface area contributed by atoms with Crippen molar-refractivity contribution in [3.8, 4) is 11.1 Å². The molecule has 5 aromatic rings. The summed E-state index contributed by atoms with van der Waals surface area (Å²) in [4.78, 5) is 6.94. The topological polar surface area (TPSA) is 46.3 Å². The van der Waals surface area contributed by atoms with E-state index in [2.05, 4.69) is 63.6 Å². The molecule has 1 aliphatic carbocycles. The molecule has 0 spiro atoms. The maximum absolute atomic E-state index is 6.32. The summed E-state index contributed by atoms with van der Waals surface area (Å²) in [5, 5.41) is 10.1. The van der Waals surface area contributed by atoms with Crippen LogP contribution in [0, 0.1) is 6.92 Å². The second-order valence-corrected chi connectivity index (χ2v) is 8.92. The van der Waals surface area contributed by atoms with Gasteiger partial charge in [0.15, 0.2) is 0 Å². The lowest BCUT2D eigenvalue weighted by atomic mass is 10.0. The number of nitrogens with zero attached hydrogens (tertiary/aromatic N) is 5. The van der Waals surface area contributed by atoms with Gasteiger partial charge in [-0.1, -0.05) is 48.0 Å². The van der Waals surface area contributed by atoms with E-state index in [0.29, 0.717) is 10.8 Å². The van der Waals surface area contributed by atoms with E-state index in [4.69, 9.17) is 16.6 Å². The standard InChI is InChI=1S/C26H22ClN5/c1-16-29-30-26-28-25(23-13-12-21(27)15-24(23)32(16)26)31(2)22-5-3-4-20(14-22)19-10-8-18(9-11-19)17-6-7-17/h3-5,8-15,17H,6-7H2,1-2H3. The number of hydrogen-bond acceptors (Lipinski definition) is 4. The zero-order valence-electron chi connectivity index (χ0n) is 18.0. The number of rotatable bonds is 4. The monoisotopic (exact) mass is 439 g/mol. The largest absolute Gasteiger partial charge is 0.329 e. The Hall–Kier alpha value is -3.44. The van der Waals surface area contributed by atoms with E-state index < -0.39 is 0 Å². The third-order valence-corrected chi connectivity index (χ3v) is 6.53. The molecule has 0 atom stereocenters. The number of halogens is 1. The molecule has 0 aliphatic heterocycles. The molecular formula is C26H22ClN5. The third kappa shape index (κ3) is 3.21. The summed E-state index contributed by atoms with van der Waals surface area (Å²) in [6, 6.07) is 23.4. The lowest BCUT2D eigenvalue weighted by Crippen LogP contribution is -2.13. The molecular weight excluding hydrogens is 418 g/mol. The summed E-state index contributed by atoms with van der Waals surface area (Å²) in [7, 11) is 2.03. The van der Waals surface area contributed by atoms with Gasteiger partial charge in [0.1, 0.15) is 11.6 Å². The van der Waals surface area contributed by atoms with Crippen LogP contribution in [-0.2, 0) is 0 Å². The second kappa shape index (κ2) is 7.31. The molecule has 0 bridgehead atoms. The molecule has 5 nitrogen and oxygen atoms in total. The van der Waals surface area contributed by atoms with Crippen molar-refractivity contribution in [2.75, 3.05) is 11.9 Å². The molecule has 6 rings (SSSR count). The first kappa shape index (κ1) is 19.3. The first-order valence-electron chi connectivity index (χ1n) is 10.8. The van der Waals surface area contributed by atoms with Gasteiger partial charge in [0.05, 0.1) is 5.52 Å². The van der Waals surface area contributed by atoms with Crippen molar-refractivity contribution in [1.82, 2.24) is 19.6 Å². The number of fused-ring (bicyclic) bond motifs is 3. The average Bonchev–Trinajstić information content (AvgIpc) is 3.61. The molecule has 0 amide bonds. The Labute approximate surface area is 191 Å². The number of benzene rings is 3. The van der Waals surface area contributed by atoms with Gasteiger partial charge in [-0.25, -0.2) is 0 Å². The molecule has 2 heterocycles. The summed E-state index contributed by atoms with van der Waals surface area (Å²) in [6.07, 6.45) is 2.64. The smallest absolute Gasteiger partial charge is 0.257 e. The zero-order chi connectivity index (χ0) is 21.8. The molecule has 0 radical (unpaired) electrons. The van der Waals surface area contributed by atoms with Crippen molar-refractivity contribution in [3.63, 3.8) is 0 Å². The molecule has 1 aliphatic rings. The Morgan fingerprint density at radius 2 is 1.75 bits per heavy atom. The first-order chi connectivity index (χ1) is 15.6. The highest BCUT2D eigenvalue weighted by molar-refractivity contribution is 6.31. The molecule has 2 aromatic heterocycles. The van der Waals surface area contributed by atoms with Crippen molar-refractivity contribution in [2.24, 2.45) is 0 Å². The van der Waals surface area contributed by atoms with E-state index in [1.165, 1.54) is 29.5 Å². The van der Waals surface area contributed by atoms with Crippen LogP contribution in [0.25, 0.3) is 27.8 Å². The fourth-order valence-corrected chi connectivity index (χ4v) is 4.54. The van der Waals surface area contributed by atoms with Crippen LogP contribution < -0.4 is 4.90 Å². The highest BCUT2D eigenvalue weighted by atomic mass is 35.5. The molecule has 6 heteroatoms.